The van der Waals surface area contributed by atoms with Gasteiger partial charge in [-0.25, -0.2) is 0 Å². The molecule has 1 aromatic heterocycles. The number of aromatic nitrogens is 2. The molecule has 0 aliphatic rings. The Kier molecular flexibility index (Phi) is 4.64. The quantitative estimate of drug-likeness (QED) is 0.780. The number of hydrogen-bond donors (Lipinski definition) is 1. The number of benzene rings is 1. The lowest BCUT2D eigenvalue weighted by Crippen LogP contribution is -2.18. The Hall–Kier alpha value is -0.170. The van der Waals surface area contributed by atoms with E-state index in [1.54, 1.807) is 6.20 Å². The molecule has 3 nitrogen and oxygen atoms in total. The van der Waals surface area contributed by atoms with E-state index in [1.165, 1.54) is 0 Å². The average molecular weight is 438 g/mol. The second kappa shape index (κ2) is 5.86. The van der Waals surface area contributed by atoms with Crippen molar-refractivity contribution in [3.8, 4) is 0 Å². The minimum atomic E-state index is -0.218. The fraction of sp³-hybridized carbons (Fsp3) is 0.250. The van der Waals surface area contributed by atoms with E-state index in [0.29, 0.717) is 0 Å². The number of aryl methyl sites for hydroxylation is 1. The molecule has 0 spiro atoms. The first-order valence-corrected chi connectivity index (χ1v) is 7.84. The molecule has 1 aromatic carbocycles. The van der Waals surface area contributed by atoms with Gasteiger partial charge in [-0.15, -0.1) is 0 Å². The number of rotatable bonds is 3. The normalized spacial score (nSPS) is 12.7. The largest absolute Gasteiger partial charge is 0.319 e. The lowest BCUT2D eigenvalue weighted by atomic mass is 10.0. The summed E-state index contributed by atoms with van der Waals surface area (Å²) in [4.78, 5) is 0. The Morgan fingerprint density at radius 1 is 1.28 bits per heavy atom. The lowest BCUT2D eigenvalue weighted by Gasteiger charge is -2.16. The molecule has 2 aromatic rings. The van der Waals surface area contributed by atoms with Gasteiger partial charge in [-0.2, -0.15) is 5.10 Å². The Balaban J connectivity index is 2.47. The summed E-state index contributed by atoms with van der Waals surface area (Å²) >= 11 is 10.5. The molecule has 96 valence electrons. The van der Waals surface area contributed by atoms with Crippen LogP contribution in [0.5, 0.6) is 0 Å². The van der Waals surface area contributed by atoms with Crippen molar-refractivity contribution >= 4 is 47.8 Å². The monoisotopic (exact) mass is 435 g/mol. The third-order valence-corrected chi connectivity index (χ3v) is 4.52. The smallest absolute Gasteiger partial charge is 0.0745 e. The highest BCUT2D eigenvalue weighted by Crippen LogP contribution is 2.32. The van der Waals surface area contributed by atoms with Gasteiger partial charge in [0, 0.05) is 15.5 Å². The van der Waals surface area contributed by atoms with Crippen LogP contribution in [0.15, 0.2) is 37.8 Å². The second-order valence-corrected chi connectivity index (χ2v) is 6.46. The van der Waals surface area contributed by atoms with Crippen LogP contribution in [0.3, 0.4) is 0 Å². The maximum absolute atomic E-state index is 6.35. The van der Waals surface area contributed by atoms with Gasteiger partial charge in [0.1, 0.15) is 0 Å². The summed E-state index contributed by atoms with van der Waals surface area (Å²) in [5.41, 5.74) is 8.38. The predicted molar refractivity (Wildman–Crippen MR) is 83.5 cm³/mol. The van der Waals surface area contributed by atoms with E-state index in [1.807, 2.05) is 29.8 Å². The summed E-state index contributed by atoms with van der Waals surface area (Å²) in [6.45, 7) is 2.84. The van der Waals surface area contributed by atoms with E-state index in [-0.39, 0.29) is 6.04 Å². The average Bonchev–Trinajstić information content (AvgIpc) is 2.69. The number of nitrogens with two attached hydrogens (primary N) is 1. The minimum absolute atomic E-state index is 0.218. The number of halogens is 3. The zero-order chi connectivity index (χ0) is 13.3. The molecule has 1 unspecified atom stereocenters. The van der Waals surface area contributed by atoms with Crippen LogP contribution < -0.4 is 5.73 Å². The molecule has 0 radical (unpaired) electrons. The highest BCUT2D eigenvalue weighted by atomic mass is 79.9. The molecular weight excluding hydrogens is 426 g/mol. The Morgan fingerprint density at radius 2 is 2.00 bits per heavy atom. The highest BCUT2D eigenvalue weighted by Gasteiger charge is 2.19. The summed E-state index contributed by atoms with van der Waals surface area (Å²) in [5, 5.41) is 4.29. The first-order chi connectivity index (χ1) is 8.54. The molecule has 0 bridgehead atoms. The molecule has 0 aliphatic carbocycles. The minimum Gasteiger partial charge on any atom is -0.319 e. The Bertz CT molecular complexity index is 566. The SMILES string of the molecule is CCn1ncc(Br)c1C(N)c1ccc(Br)cc1Br. The van der Waals surface area contributed by atoms with Crippen molar-refractivity contribution < 1.29 is 0 Å². The van der Waals surface area contributed by atoms with Crippen molar-refractivity contribution in [2.45, 2.75) is 19.5 Å². The van der Waals surface area contributed by atoms with Gasteiger partial charge >= 0.3 is 0 Å². The van der Waals surface area contributed by atoms with Crippen molar-refractivity contribution in [3.05, 3.63) is 49.1 Å². The fourth-order valence-electron chi connectivity index (χ4n) is 1.83. The first kappa shape index (κ1) is 14.2. The van der Waals surface area contributed by atoms with Gasteiger partial charge in [-0.1, -0.05) is 37.9 Å². The van der Waals surface area contributed by atoms with Crippen LogP contribution in [0.1, 0.15) is 24.2 Å². The molecule has 0 aliphatic heterocycles. The number of hydrogen-bond acceptors (Lipinski definition) is 2. The van der Waals surface area contributed by atoms with Crippen LogP contribution in [0.4, 0.5) is 0 Å². The molecule has 2 N–H and O–H groups in total. The number of nitrogens with zero attached hydrogens (tertiary/aromatic N) is 2. The zero-order valence-electron chi connectivity index (χ0n) is 9.70. The topological polar surface area (TPSA) is 43.8 Å². The van der Waals surface area contributed by atoms with Crippen molar-refractivity contribution in [3.63, 3.8) is 0 Å². The van der Waals surface area contributed by atoms with Crippen molar-refractivity contribution in [2.75, 3.05) is 0 Å². The van der Waals surface area contributed by atoms with Gasteiger partial charge < -0.3 is 5.73 Å². The third-order valence-electron chi connectivity index (χ3n) is 2.72. The van der Waals surface area contributed by atoms with E-state index >= 15 is 0 Å². The van der Waals surface area contributed by atoms with Crippen LogP contribution in [-0.4, -0.2) is 9.78 Å². The standard InChI is InChI=1S/C12H12Br3N3/c1-2-18-12(10(15)6-17-18)11(16)8-4-3-7(13)5-9(8)14/h3-6,11H,2,16H2,1H3. The molecule has 6 heteroatoms. The van der Waals surface area contributed by atoms with E-state index in [2.05, 4.69) is 52.9 Å². The lowest BCUT2D eigenvalue weighted by molar-refractivity contribution is 0.599. The van der Waals surface area contributed by atoms with Crippen molar-refractivity contribution in [1.82, 2.24) is 9.78 Å². The summed E-state index contributed by atoms with van der Waals surface area (Å²) < 4.78 is 4.85. The highest BCUT2D eigenvalue weighted by molar-refractivity contribution is 9.11. The van der Waals surface area contributed by atoms with E-state index in [4.69, 9.17) is 5.73 Å². The first-order valence-electron chi connectivity index (χ1n) is 5.46. The van der Waals surface area contributed by atoms with Crippen LogP contribution in [0.25, 0.3) is 0 Å². The van der Waals surface area contributed by atoms with Gasteiger partial charge in [-0.3, -0.25) is 4.68 Å². The van der Waals surface area contributed by atoms with Crippen LogP contribution in [0, 0.1) is 0 Å². The molecule has 0 fully saturated rings. The Labute approximate surface area is 131 Å². The van der Waals surface area contributed by atoms with Crippen LogP contribution in [-0.2, 0) is 6.54 Å². The molecular formula is C12H12Br3N3. The third kappa shape index (κ3) is 2.71. The second-order valence-electron chi connectivity index (χ2n) is 3.84. The molecule has 0 saturated carbocycles. The molecule has 2 rings (SSSR count). The molecule has 1 atom stereocenters. The zero-order valence-corrected chi connectivity index (χ0v) is 14.5. The molecule has 18 heavy (non-hydrogen) atoms. The maximum atomic E-state index is 6.35. The van der Waals surface area contributed by atoms with Crippen molar-refractivity contribution in [1.29, 1.82) is 0 Å². The molecule has 1 heterocycles. The van der Waals surface area contributed by atoms with E-state index in [9.17, 15) is 0 Å². The summed E-state index contributed by atoms with van der Waals surface area (Å²) in [7, 11) is 0. The van der Waals surface area contributed by atoms with E-state index in [0.717, 1.165) is 31.2 Å². The fourth-order valence-corrected chi connectivity index (χ4v) is 3.67. The Morgan fingerprint density at radius 3 is 2.61 bits per heavy atom. The summed E-state index contributed by atoms with van der Waals surface area (Å²) in [6, 6.07) is 5.78. The van der Waals surface area contributed by atoms with Gasteiger partial charge in [0.05, 0.1) is 22.4 Å². The summed E-state index contributed by atoms with van der Waals surface area (Å²) in [6.07, 6.45) is 1.78. The van der Waals surface area contributed by atoms with Crippen LogP contribution >= 0.6 is 47.8 Å². The maximum Gasteiger partial charge on any atom is 0.0745 e. The van der Waals surface area contributed by atoms with Crippen LogP contribution in [0.2, 0.25) is 0 Å². The van der Waals surface area contributed by atoms with Gasteiger partial charge in [0.2, 0.25) is 0 Å². The predicted octanol–water partition coefficient (Wildman–Crippen LogP) is 4.24. The molecule has 0 saturated heterocycles. The summed E-state index contributed by atoms with van der Waals surface area (Å²) in [5.74, 6) is 0. The van der Waals surface area contributed by atoms with Crippen molar-refractivity contribution in [2.24, 2.45) is 5.73 Å². The van der Waals surface area contributed by atoms with Gasteiger partial charge in [0.15, 0.2) is 0 Å². The van der Waals surface area contributed by atoms with Gasteiger partial charge in [0.25, 0.3) is 0 Å². The van der Waals surface area contributed by atoms with Gasteiger partial charge in [-0.05, 0) is 40.5 Å². The van der Waals surface area contributed by atoms with E-state index < -0.39 is 0 Å². The molecule has 0 amide bonds.